The summed E-state index contributed by atoms with van der Waals surface area (Å²) in [5, 5.41) is 20.1. The molecule has 2 heterocycles. The largest absolute Gasteiger partial charge is 0.490 e. The summed E-state index contributed by atoms with van der Waals surface area (Å²) < 4.78 is 18.7. The van der Waals surface area contributed by atoms with Gasteiger partial charge in [0.25, 0.3) is 0 Å². The lowest BCUT2D eigenvalue weighted by atomic mass is 9.95. The van der Waals surface area contributed by atoms with E-state index >= 15 is 0 Å². The second-order valence-electron chi connectivity index (χ2n) is 10.8. The number of urea groups is 1. The van der Waals surface area contributed by atoms with Crippen molar-refractivity contribution in [2.24, 2.45) is 5.10 Å². The zero-order valence-electron chi connectivity index (χ0n) is 26.2. The van der Waals surface area contributed by atoms with Gasteiger partial charge in [0.15, 0.2) is 17.7 Å². The normalized spacial score (nSPS) is 15.7. The summed E-state index contributed by atoms with van der Waals surface area (Å²) in [5.74, 6) is 0.685. The number of carbonyl (C=O) groups excluding carboxylic acids is 2. The summed E-state index contributed by atoms with van der Waals surface area (Å²) in [5.41, 5.74) is 9.39. The van der Waals surface area contributed by atoms with Crippen LogP contribution in [-0.4, -0.2) is 54.4 Å². The molecule has 0 unspecified atom stereocenters. The maximum absolute atomic E-state index is 12.5. The van der Waals surface area contributed by atoms with Gasteiger partial charge in [0.1, 0.15) is 6.61 Å². The van der Waals surface area contributed by atoms with Gasteiger partial charge in [-0.05, 0) is 75.1 Å². The molecule has 44 heavy (non-hydrogen) atoms. The number of nitrogens with zero attached hydrogens (tertiary/aromatic N) is 2. The highest BCUT2D eigenvalue weighted by molar-refractivity contribution is 5.95. The summed E-state index contributed by atoms with van der Waals surface area (Å²) in [7, 11) is 1.28. The quantitative estimate of drug-likeness (QED) is 0.102. The molecular weight excluding hydrogens is 562 g/mol. The van der Waals surface area contributed by atoms with Crippen molar-refractivity contribution in [3.8, 4) is 17.2 Å². The molecule has 0 radical (unpaired) electrons. The van der Waals surface area contributed by atoms with Crippen molar-refractivity contribution in [2.75, 3.05) is 20.3 Å². The number of allylic oxidation sites excluding steroid dienone is 1. The average molecular weight is 604 g/mol. The van der Waals surface area contributed by atoms with E-state index in [1.165, 1.54) is 12.7 Å². The maximum atomic E-state index is 12.5. The number of aryl methyl sites for hydroxylation is 1. The van der Waals surface area contributed by atoms with E-state index in [-0.39, 0.29) is 12.2 Å². The first-order chi connectivity index (χ1) is 21.0. The van der Waals surface area contributed by atoms with E-state index in [4.69, 9.17) is 14.2 Å². The monoisotopic (exact) mass is 603 g/mol. The molecule has 0 saturated heterocycles. The van der Waals surface area contributed by atoms with Crippen LogP contribution in [0, 0.1) is 13.8 Å². The van der Waals surface area contributed by atoms with E-state index in [1.807, 2.05) is 26.8 Å². The Morgan fingerprint density at radius 2 is 1.82 bits per heavy atom. The number of aromatic nitrogens is 1. The summed E-state index contributed by atoms with van der Waals surface area (Å²) in [6.45, 7) is 12.1. The number of rotatable bonds is 12. The number of hydrogen-bond donors (Lipinski definition) is 4. The Bertz CT molecular complexity index is 1560. The van der Waals surface area contributed by atoms with Gasteiger partial charge in [-0.15, -0.1) is 0 Å². The number of amides is 2. The van der Waals surface area contributed by atoms with E-state index in [0.717, 1.165) is 22.6 Å². The molecule has 4 N–H and O–H groups in total. The van der Waals surface area contributed by atoms with Crippen molar-refractivity contribution in [3.63, 3.8) is 0 Å². The van der Waals surface area contributed by atoms with E-state index < -0.39 is 24.3 Å². The highest BCUT2D eigenvalue weighted by atomic mass is 16.5. The van der Waals surface area contributed by atoms with Crippen LogP contribution in [0.2, 0.25) is 0 Å². The number of benzene rings is 2. The molecule has 1 aliphatic rings. The van der Waals surface area contributed by atoms with Gasteiger partial charge >= 0.3 is 12.0 Å². The lowest BCUT2D eigenvalue weighted by Crippen LogP contribution is -2.45. The van der Waals surface area contributed by atoms with Gasteiger partial charge in [0.05, 0.1) is 31.5 Å². The third-order valence-corrected chi connectivity index (χ3v) is 7.39. The van der Waals surface area contributed by atoms with Crippen LogP contribution in [-0.2, 0) is 9.53 Å². The molecule has 0 fully saturated rings. The molecule has 1 aliphatic heterocycles. The molecule has 11 heteroatoms. The predicted molar refractivity (Wildman–Crippen MR) is 168 cm³/mol. The van der Waals surface area contributed by atoms with Crippen molar-refractivity contribution >= 4 is 18.2 Å². The van der Waals surface area contributed by atoms with E-state index in [9.17, 15) is 14.7 Å². The standard InChI is InChI=1S/C33H41N5O6/c1-8-43-28-16-24(31-30(32(40)42-7)21(5)35-33(41)36-31)11-14-27(28)44-18-29(39)37-34-17-25-15-20(4)38(22(25)6)26-12-9-23(10-13-26)19(2)3/h9-17,19,29,31,37,39H,8,18H2,1-7H3,(H2,35,36,41)/b34-17-/t29-,31-/m1/s1. The Kier molecular flexibility index (Phi) is 10.3. The fraction of sp³-hybridized carbons (Fsp3) is 0.364. The summed E-state index contributed by atoms with van der Waals surface area (Å²) in [4.78, 5) is 24.6. The number of aliphatic hydroxyl groups is 1. The SMILES string of the molecule is CCOc1cc([C@H]2NC(=O)NC(C)=C2C(=O)OC)ccc1OC[C@@H](O)N/N=C\c1cc(C)n(-c2ccc(C(C)C)cc2)c1C. The van der Waals surface area contributed by atoms with Crippen molar-refractivity contribution in [3.05, 3.63) is 87.9 Å². The topological polar surface area (TPSA) is 135 Å². The van der Waals surface area contributed by atoms with Crippen LogP contribution in [0.4, 0.5) is 4.79 Å². The molecular formula is C33H41N5O6. The summed E-state index contributed by atoms with van der Waals surface area (Å²) in [6.07, 6.45) is 0.569. The molecule has 11 nitrogen and oxygen atoms in total. The van der Waals surface area contributed by atoms with Gasteiger partial charge in [-0.1, -0.05) is 32.0 Å². The van der Waals surface area contributed by atoms with E-state index in [1.54, 1.807) is 31.3 Å². The van der Waals surface area contributed by atoms with E-state index in [0.29, 0.717) is 35.3 Å². The van der Waals surface area contributed by atoms with Crippen LogP contribution in [0.1, 0.15) is 67.7 Å². The lowest BCUT2D eigenvalue weighted by Gasteiger charge is -2.28. The van der Waals surface area contributed by atoms with Gasteiger partial charge in [-0.2, -0.15) is 5.10 Å². The van der Waals surface area contributed by atoms with Crippen LogP contribution < -0.4 is 25.5 Å². The molecule has 234 valence electrons. The second kappa shape index (κ2) is 14.1. The Morgan fingerprint density at radius 3 is 2.48 bits per heavy atom. The Labute approximate surface area is 257 Å². The first-order valence-electron chi connectivity index (χ1n) is 14.6. The third kappa shape index (κ3) is 7.23. The third-order valence-electron chi connectivity index (χ3n) is 7.39. The molecule has 0 spiro atoms. The number of hydrogen-bond acceptors (Lipinski definition) is 8. The number of esters is 1. The molecule has 4 rings (SSSR count). The molecule has 1 aromatic heterocycles. The highest BCUT2D eigenvalue weighted by Gasteiger charge is 2.32. The minimum absolute atomic E-state index is 0.117. The molecule has 3 aromatic rings. The van der Waals surface area contributed by atoms with Crippen LogP contribution in [0.15, 0.2) is 64.9 Å². The fourth-order valence-electron chi connectivity index (χ4n) is 5.14. The molecule has 0 bridgehead atoms. The van der Waals surface area contributed by atoms with E-state index in [2.05, 4.69) is 63.8 Å². The summed E-state index contributed by atoms with van der Waals surface area (Å²) in [6, 6.07) is 14.5. The van der Waals surface area contributed by atoms with Gasteiger partial charge in [0, 0.05) is 28.3 Å². The van der Waals surface area contributed by atoms with Crippen molar-refractivity contribution < 1.29 is 28.9 Å². The first kappa shape index (κ1) is 32.2. The molecule has 0 aliphatic carbocycles. The molecule has 2 aromatic carbocycles. The van der Waals surface area contributed by atoms with Gasteiger partial charge < -0.3 is 34.5 Å². The van der Waals surface area contributed by atoms with Crippen LogP contribution in [0.5, 0.6) is 11.5 Å². The average Bonchev–Trinajstić information content (AvgIpc) is 3.28. The number of hydrazone groups is 1. The predicted octanol–water partition coefficient (Wildman–Crippen LogP) is 4.74. The lowest BCUT2D eigenvalue weighted by molar-refractivity contribution is -0.136. The van der Waals surface area contributed by atoms with Gasteiger partial charge in [-0.25, -0.2) is 9.59 Å². The van der Waals surface area contributed by atoms with Crippen molar-refractivity contribution in [1.82, 2.24) is 20.6 Å². The maximum Gasteiger partial charge on any atom is 0.337 e. The van der Waals surface area contributed by atoms with Crippen molar-refractivity contribution in [2.45, 2.75) is 59.7 Å². The number of methoxy groups -OCH3 is 1. The number of ether oxygens (including phenoxy) is 3. The molecule has 2 atom stereocenters. The zero-order chi connectivity index (χ0) is 32.0. The minimum Gasteiger partial charge on any atom is -0.490 e. The Hall–Kier alpha value is -4.77. The Balaban J connectivity index is 1.42. The Morgan fingerprint density at radius 1 is 1.09 bits per heavy atom. The number of carbonyl (C=O) groups is 2. The van der Waals surface area contributed by atoms with Gasteiger partial charge in [0.2, 0.25) is 0 Å². The fourth-order valence-corrected chi connectivity index (χ4v) is 5.14. The second-order valence-corrected chi connectivity index (χ2v) is 10.8. The molecule has 2 amide bonds. The van der Waals surface area contributed by atoms with Crippen LogP contribution in [0.25, 0.3) is 5.69 Å². The molecule has 0 saturated carbocycles. The smallest absolute Gasteiger partial charge is 0.337 e. The zero-order valence-corrected chi connectivity index (χ0v) is 26.2. The highest BCUT2D eigenvalue weighted by Crippen LogP contribution is 2.35. The minimum atomic E-state index is -1.10. The first-order valence-corrected chi connectivity index (χ1v) is 14.6. The van der Waals surface area contributed by atoms with Gasteiger partial charge in [-0.3, -0.25) is 5.43 Å². The number of nitrogens with one attached hydrogen (secondary N) is 3. The van der Waals surface area contributed by atoms with Crippen LogP contribution >= 0.6 is 0 Å². The van der Waals surface area contributed by atoms with Crippen molar-refractivity contribution in [1.29, 1.82) is 0 Å². The summed E-state index contributed by atoms with van der Waals surface area (Å²) >= 11 is 0. The number of aliphatic hydroxyl groups excluding tert-OH is 1. The van der Waals surface area contributed by atoms with Crippen LogP contribution in [0.3, 0.4) is 0 Å².